The van der Waals surface area contributed by atoms with Gasteiger partial charge >= 0.3 is 12.1 Å². The van der Waals surface area contributed by atoms with Gasteiger partial charge in [0.1, 0.15) is 23.5 Å². The summed E-state index contributed by atoms with van der Waals surface area (Å²) in [7, 11) is -4.48. The van der Waals surface area contributed by atoms with E-state index in [1.54, 1.807) is 25.1 Å². The van der Waals surface area contributed by atoms with Crippen LogP contribution in [0.2, 0.25) is 5.02 Å². The van der Waals surface area contributed by atoms with Crippen molar-refractivity contribution >= 4 is 39.4 Å². The second-order valence-electron chi connectivity index (χ2n) is 8.81. The minimum absolute atomic E-state index is 0.0405. The molecule has 2 unspecified atom stereocenters. The van der Waals surface area contributed by atoms with Crippen LogP contribution in [0.5, 0.6) is 11.5 Å². The molecule has 4 aromatic rings. The van der Waals surface area contributed by atoms with Crippen LogP contribution in [-0.2, 0) is 19.6 Å². The van der Waals surface area contributed by atoms with Gasteiger partial charge in [0.15, 0.2) is 0 Å². The number of hydrogen-bond donors (Lipinski definition) is 0. The maximum Gasteiger partial charge on any atom is 0.434 e. The Bertz CT molecular complexity index is 1630. The van der Waals surface area contributed by atoms with Gasteiger partial charge in [-0.15, -0.1) is 0 Å². The number of para-hydroxylation sites is 1. The number of benzene rings is 4. The van der Waals surface area contributed by atoms with Crippen LogP contribution in [0.1, 0.15) is 30.1 Å². The molecule has 1 aliphatic rings. The fraction of sp³-hybridized carbons (Fsp3) is 0.133. The maximum atomic E-state index is 13.8. The zero-order valence-corrected chi connectivity index (χ0v) is 22.8. The Balaban J connectivity index is 1.61. The first-order valence-electron chi connectivity index (χ1n) is 12.4. The number of amides is 1. The van der Waals surface area contributed by atoms with Gasteiger partial charge in [-0.25, -0.2) is 13.2 Å². The van der Waals surface area contributed by atoms with E-state index in [1.165, 1.54) is 54.6 Å². The number of sulfonamides is 1. The Morgan fingerprint density at radius 2 is 1.55 bits per heavy atom. The van der Waals surface area contributed by atoms with Gasteiger partial charge in [0.05, 0.1) is 17.2 Å². The van der Waals surface area contributed by atoms with Crippen molar-refractivity contribution in [2.24, 2.45) is 0 Å². The third-order valence-corrected chi connectivity index (χ3v) is 8.21. The van der Waals surface area contributed by atoms with Crippen LogP contribution in [0.3, 0.4) is 0 Å². The third kappa shape index (κ3) is 5.38. The second-order valence-corrected chi connectivity index (χ2v) is 11.0. The predicted molar refractivity (Wildman–Crippen MR) is 149 cm³/mol. The summed E-state index contributed by atoms with van der Waals surface area (Å²) in [5, 5.41) is 0.330. The van der Waals surface area contributed by atoms with E-state index in [-0.39, 0.29) is 22.9 Å². The van der Waals surface area contributed by atoms with Crippen molar-refractivity contribution in [1.82, 2.24) is 0 Å². The number of carbonyl (C=O) groups is 2. The molecule has 0 aliphatic carbocycles. The Morgan fingerprint density at radius 1 is 0.900 bits per heavy atom. The van der Waals surface area contributed by atoms with Crippen molar-refractivity contribution in [2.75, 3.05) is 10.9 Å². The maximum absolute atomic E-state index is 13.8. The van der Waals surface area contributed by atoms with E-state index in [9.17, 15) is 18.0 Å². The van der Waals surface area contributed by atoms with Crippen molar-refractivity contribution in [1.29, 1.82) is 0 Å². The number of ether oxygens (including phenoxy) is 3. The van der Waals surface area contributed by atoms with Crippen LogP contribution in [0.15, 0.2) is 108 Å². The van der Waals surface area contributed by atoms with E-state index in [1.807, 2.05) is 30.3 Å². The molecule has 1 aliphatic heterocycles. The first-order valence-corrected chi connectivity index (χ1v) is 14.2. The fourth-order valence-corrected chi connectivity index (χ4v) is 5.89. The second kappa shape index (κ2) is 11.4. The van der Waals surface area contributed by atoms with E-state index in [4.69, 9.17) is 25.8 Å². The Labute approximate surface area is 236 Å². The highest BCUT2D eigenvalue weighted by atomic mass is 35.5. The summed E-state index contributed by atoms with van der Waals surface area (Å²) >= 11 is 5.97. The van der Waals surface area contributed by atoms with Crippen LogP contribution in [-0.4, -0.2) is 27.1 Å². The molecule has 4 aromatic carbocycles. The van der Waals surface area contributed by atoms with Crippen molar-refractivity contribution in [3.05, 3.63) is 119 Å². The molecular weight excluding hydrogens is 554 g/mol. The molecule has 10 heteroatoms. The molecule has 2 atom stereocenters. The van der Waals surface area contributed by atoms with Crippen molar-refractivity contribution in [3.8, 4) is 11.5 Å². The number of fused-ring (bicyclic) bond motifs is 1. The van der Waals surface area contributed by atoms with Gasteiger partial charge in [-0.1, -0.05) is 60.1 Å². The SMILES string of the molecule is CCOC(=O)C1c2cc(N(C(=O)Oc3ccccc3)S(=O)(=O)c3ccc(Cl)cc3)ccc2OC1c1ccccc1. The number of nitrogens with zero attached hydrogens (tertiary/aromatic N) is 1. The Kier molecular flexibility index (Phi) is 7.77. The zero-order chi connectivity index (χ0) is 28.3. The largest absolute Gasteiger partial charge is 0.484 e. The highest BCUT2D eigenvalue weighted by molar-refractivity contribution is 7.93. The minimum Gasteiger partial charge on any atom is -0.484 e. The number of rotatable bonds is 7. The summed E-state index contributed by atoms with van der Waals surface area (Å²) in [6, 6.07) is 27.1. The van der Waals surface area contributed by atoms with Crippen LogP contribution < -0.4 is 13.8 Å². The molecule has 204 valence electrons. The molecule has 0 saturated carbocycles. The molecule has 0 aromatic heterocycles. The quantitative estimate of drug-likeness (QED) is 0.231. The highest BCUT2D eigenvalue weighted by Gasteiger charge is 2.43. The van der Waals surface area contributed by atoms with Crippen molar-refractivity contribution in [3.63, 3.8) is 0 Å². The average molecular weight is 578 g/mol. The summed E-state index contributed by atoms with van der Waals surface area (Å²) in [6.07, 6.45) is -1.87. The van der Waals surface area contributed by atoms with Crippen LogP contribution >= 0.6 is 11.6 Å². The minimum atomic E-state index is -4.48. The van der Waals surface area contributed by atoms with Crippen molar-refractivity contribution in [2.45, 2.75) is 23.8 Å². The fourth-order valence-electron chi connectivity index (χ4n) is 4.45. The van der Waals surface area contributed by atoms with E-state index in [2.05, 4.69) is 0 Å². The lowest BCUT2D eigenvalue weighted by molar-refractivity contribution is -0.146. The zero-order valence-electron chi connectivity index (χ0n) is 21.3. The number of esters is 1. The summed E-state index contributed by atoms with van der Waals surface area (Å²) in [6.45, 7) is 1.84. The number of hydrogen-bond acceptors (Lipinski definition) is 7. The van der Waals surface area contributed by atoms with E-state index < -0.39 is 34.1 Å². The Hall–Kier alpha value is -4.34. The lowest BCUT2D eigenvalue weighted by Gasteiger charge is -2.23. The van der Waals surface area contributed by atoms with E-state index in [0.717, 1.165) is 5.56 Å². The lowest BCUT2D eigenvalue weighted by Crippen LogP contribution is -2.39. The summed E-state index contributed by atoms with van der Waals surface area (Å²) in [5.74, 6) is -0.911. The Morgan fingerprint density at radius 3 is 2.20 bits per heavy atom. The number of anilines is 1. The predicted octanol–water partition coefficient (Wildman–Crippen LogP) is 6.51. The number of carbonyl (C=O) groups excluding carboxylic acids is 2. The van der Waals surface area contributed by atoms with Gasteiger partial charge in [0.2, 0.25) is 0 Å². The summed E-state index contributed by atoms with van der Waals surface area (Å²) in [5.41, 5.74) is 1.09. The first-order chi connectivity index (χ1) is 19.3. The molecule has 0 N–H and O–H groups in total. The lowest BCUT2D eigenvalue weighted by atomic mass is 9.91. The van der Waals surface area contributed by atoms with Gasteiger partial charge in [0, 0.05) is 10.6 Å². The molecule has 0 radical (unpaired) electrons. The molecule has 0 saturated heterocycles. The third-order valence-electron chi connectivity index (χ3n) is 6.25. The smallest absolute Gasteiger partial charge is 0.434 e. The standard InChI is InChI=1S/C30H24ClNO7S/c1-2-37-29(33)27-25-19-22(15-18-26(25)39-28(27)20-9-5-3-6-10-20)32(30(34)38-23-11-7-4-8-12-23)40(35,36)24-16-13-21(31)14-17-24/h3-19,27-28H,2H2,1H3. The molecule has 1 heterocycles. The van der Waals surface area contributed by atoms with E-state index >= 15 is 0 Å². The highest BCUT2D eigenvalue weighted by Crippen LogP contribution is 2.48. The summed E-state index contributed by atoms with van der Waals surface area (Å²) in [4.78, 5) is 26.5. The van der Waals surface area contributed by atoms with Gasteiger partial charge in [-0.3, -0.25) is 4.79 Å². The molecule has 0 bridgehead atoms. The van der Waals surface area contributed by atoms with Crippen LogP contribution in [0, 0.1) is 0 Å². The average Bonchev–Trinajstić information content (AvgIpc) is 3.33. The molecule has 5 rings (SSSR count). The summed E-state index contributed by atoms with van der Waals surface area (Å²) < 4.78 is 45.2. The molecule has 1 amide bonds. The van der Waals surface area contributed by atoms with Crippen LogP contribution in [0.4, 0.5) is 10.5 Å². The van der Waals surface area contributed by atoms with E-state index in [0.29, 0.717) is 20.6 Å². The normalized spacial score (nSPS) is 15.9. The topological polar surface area (TPSA) is 99.2 Å². The first kappa shape index (κ1) is 27.2. The van der Waals surface area contributed by atoms with Gasteiger partial charge in [0.25, 0.3) is 10.0 Å². The monoisotopic (exact) mass is 577 g/mol. The van der Waals surface area contributed by atoms with Crippen molar-refractivity contribution < 1.29 is 32.2 Å². The molecular formula is C30H24ClNO7S. The molecule has 8 nitrogen and oxygen atoms in total. The van der Waals surface area contributed by atoms with Gasteiger partial charge in [-0.2, -0.15) is 4.31 Å². The van der Waals surface area contributed by atoms with Crippen LogP contribution in [0.25, 0.3) is 0 Å². The molecule has 0 fully saturated rings. The number of halogens is 1. The van der Waals surface area contributed by atoms with Gasteiger partial charge in [-0.05, 0) is 67.1 Å². The molecule has 40 heavy (non-hydrogen) atoms. The molecule has 0 spiro atoms. The van der Waals surface area contributed by atoms with Gasteiger partial charge < -0.3 is 14.2 Å².